The lowest BCUT2D eigenvalue weighted by Crippen LogP contribution is -2.36. The second-order valence-corrected chi connectivity index (χ2v) is 8.79. The highest BCUT2D eigenvalue weighted by Gasteiger charge is 2.25. The number of rotatable bonds is 8. The third kappa shape index (κ3) is 4.48. The number of ketones is 1. The zero-order chi connectivity index (χ0) is 25.2. The van der Waals surface area contributed by atoms with Crippen LogP contribution in [-0.2, 0) is 6.42 Å². The zero-order valence-electron chi connectivity index (χ0n) is 20.7. The first-order valence-electron chi connectivity index (χ1n) is 12.2. The SMILES string of the molecule is CCN(CC)C(C)Oc1ccc(C(=O)c2oc3cc4c(cc3c2-c2ccc(O)cc2)CC=CO4)cc1. The van der Waals surface area contributed by atoms with Gasteiger partial charge in [0.1, 0.15) is 29.1 Å². The number of carbonyl (C=O) groups is 1. The molecule has 0 spiro atoms. The number of fused-ring (bicyclic) bond motifs is 2. The Hall–Kier alpha value is -4.03. The topological polar surface area (TPSA) is 72.1 Å². The maximum Gasteiger partial charge on any atom is 0.228 e. The number of phenols is 1. The fourth-order valence-electron chi connectivity index (χ4n) is 4.63. The van der Waals surface area contributed by atoms with Gasteiger partial charge in [-0.25, -0.2) is 0 Å². The fraction of sp³-hybridized carbons (Fsp3) is 0.233. The van der Waals surface area contributed by atoms with Gasteiger partial charge in [-0.3, -0.25) is 9.69 Å². The molecule has 3 aromatic carbocycles. The summed E-state index contributed by atoms with van der Waals surface area (Å²) in [4.78, 5) is 15.9. The molecule has 1 atom stereocenters. The minimum atomic E-state index is -0.227. The molecule has 1 unspecified atom stereocenters. The fourth-order valence-corrected chi connectivity index (χ4v) is 4.63. The van der Waals surface area contributed by atoms with E-state index in [0.29, 0.717) is 22.5 Å². The van der Waals surface area contributed by atoms with E-state index >= 15 is 0 Å². The van der Waals surface area contributed by atoms with Gasteiger partial charge in [-0.05, 0) is 86.1 Å². The number of phenolic OH excluding ortho intramolecular Hbond substituents is 1. The molecular weight excluding hydrogens is 454 g/mol. The smallest absolute Gasteiger partial charge is 0.228 e. The molecule has 0 saturated carbocycles. The molecule has 0 fully saturated rings. The number of hydrogen-bond donors (Lipinski definition) is 1. The molecule has 0 saturated heterocycles. The van der Waals surface area contributed by atoms with E-state index in [-0.39, 0.29) is 23.5 Å². The van der Waals surface area contributed by atoms with Crippen molar-refractivity contribution in [2.45, 2.75) is 33.4 Å². The van der Waals surface area contributed by atoms with Crippen molar-refractivity contribution >= 4 is 16.8 Å². The van der Waals surface area contributed by atoms with Crippen LogP contribution >= 0.6 is 0 Å². The van der Waals surface area contributed by atoms with Crippen LogP contribution in [0.1, 0.15) is 42.5 Å². The van der Waals surface area contributed by atoms with Gasteiger partial charge in [0, 0.05) is 22.6 Å². The van der Waals surface area contributed by atoms with Crippen molar-refractivity contribution in [3.8, 4) is 28.4 Å². The minimum absolute atomic E-state index is 0.0687. The van der Waals surface area contributed by atoms with Crippen LogP contribution in [0.5, 0.6) is 17.2 Å². The Kier molecular flexibility index (Phi) is 6.53. The van der Waals surface area contributed by atoms with E-state index in [0.717, 1.165) is 41.8 Å². The molecule has 1 aliphatic heterocycles. The first kappa shape index (κ1) is 23.7. The molecule has 4 aromatic rings. The van der Waals surface area contributed by atoms with Crippen molar-refractivity contribution < 1.29 is 23.8 Å². The van der Waals surface area contributed by atoms with Gasteiger partial charge in [0.05, 0.1) is 6.26 Å². The van der Waals surface area contributed by atoms with Gasteiger partial charge in [0.2, 0.25) is 5.78 Å². The molecule has 0 aliphatic carbocycles. The van der Waals surface area contributed by atoms with Crippen molar-refractivity contribution in [3.05, 3.63) is 89.9 Å². The van der Waals surface area contributed by atoms with Crippen LogP contribution < -0.4 is 9.47 Å². The number of benzene rings is 3. The molecule has 1 aromatic heterocycles. The van der Waals surface area contributed by atoms with Crippen molar-refractivity contribution in [3.63, 3.8) is 0 Å². The molecule has 5 rings (SSSR count). The highest BCUT2D eigenvalue weighted by Crippen LogP contribution is 2.40. The van der Waals surface area contributed by atoms with E-state index in [1.54, 1.807) is 42.7 Å². The van der Waals surface area contributed by atoms with Gasteiger partial charge in [0.25, 0.3) is 0 Å². The van der Waals surface area contributed by atoms with E-state index in [4.69, 9.17) is 13.9 Å². The monoisotopic (exact) mass is 483 g/mol. The summed E-state index contributed by atoms with van der Waals surface area (Å²) >= 11 is 0. The standard InChI is InChI=1S/C30H29NO5/c1-4-31(5-2)19(3)35-24-14-10-21(11-15-24)29(33)30-28(20-8-12-23(32)13-9-20)25-17-22-7-6-16-34-26(22)18-27(25)36-30/h6,8-19,32H,4-5,7H2,1-3H3. The number of hydrogen-bond acceptors (Lipinski definition) is 6. The van der Waals surface area contributed by atoms with Crippen LogP contribution in [0.4, 0.5) is 0 Å². The lowest BCUT2D eigenvalue weighted by atomic mass is 9.96. The van der Waals surface area contributed by atoms with Crippen LogP contribution in [0, 0.1) is 0 Å². The molecular formula is C30H29NO5. The summed E-state index contributed by atoms with van der Waals surface area (Å²) in [5.74, 6) is 1.60. The van der Waals surface area contributed by atoms with Gasteiger partial charge >= 0.3 is 0 Å². The predicted octanol–water partition coefficient (Wildman–Crippen LogP) is 6.55. The quantitative estimate of drug-likeness (QED) is 0.226. The van der Waals surface area contributed by atoms with Gasteiger partial charge in [-0.1, -0.05) is 26.0 Å². The maximum absolute atomic E-state index is 13.7. The molecule has 0 amide bonds. The maximum atomic E-state index is 13.7. The summed E-state index contributed by atoms with van der Waals surface area (Å²) in [7, 11) is 0. The summed E-state index contributed by atoms with van der Waals surface area (Å²) in [6.07, 6.45) is 4.28. The number of carbonyl (C=O) groups excluding carboxylic acids is 1. The van der Waals surface area contributed by atoms with Crippen LogP contribution in [0.15, 0.2) is 77.4 Å². The summed E-state index contributed by atoms with van der Waals surface area (Å²) < 4.78 is 17.9. The van der Waals surface area contributed by atoms with Gasteiger partial charge < -0.3 is 19.0 Å². The average molecular weight is 484 g/mol. The Balaban J connectivity index is 1.53. The van der Waals surface area contributed by atoms with Crippen LogP contribution in [0.2, 0.25) is 0 Å². The Morgan fingerprint density at radius 1 is 1.06 bits per heavy atom. The number of aromatic hydroxyl groups is 1. The van der Waals surface area contributed by atoms with E-state index < -0.39 is 0 Å². The number of furan rings is 1. The molecule has 2 heterocycles. The predicted molar refractivity (Wildman–Crippen MR) is 140 cm³/mol. The van der Waals surface area contributed by atoms with Crippen molar-refractivity contribution in [2.24, 2.45) is 0 Å². The third-order valence-corrected chi connectivity index (χ3v) is 6.61. The molecule has 1 aliphatic rings. The van der Waals surface area contributed by atoms with Gasteiger partial charge in [-0.2, -0.15) is 0 Å². The Labute approximate surface area is 210 Å². The Bertz CT molecular complexity index is 1410. The summed E-state index contributed by atoms with van der Waals surface area (Å²) in [5.41, 5.74) is 3.58. The summed E-state index contributed by atoms with van der Waals surface area (Å²) in [5, 5.41) is 10.6. The molecule has 1 N–H and O–H groups in total. The van der Waals surface area contributed by atoms with Crippen LogP contribution in [-0.4, -0.2) is 35.1 Å². The normalized spacial score (nSPS) is 13.4. The lowest BCUT2D eigenvalue weighted by molar-refractivity contribution is 0.0481. The van der Waals surface area contributed by atoms with E-state index in [1.807, 2.05) is 37.3 Å². The Morgan fingerprint density at radius 2 is 1.78 bits per heavy atom. The number of nitrogens with zero attached hydrogens (tertiary/aromatic N) is 1. The van der Waals surface area contributed by atoms with Gasteiger partial charge in [-0.15, -0.1) is 0 Å². The minimum Gasteiger partial charge on any atom is -0.508 e. The molecule has 0 bridgehead atoms. The highest BCUT2D eigenvalue weighted by molar-refractivity contribution is 6.16. The molecule has 6 nitrogen and oxygen atoms in total. The summed E-state index contributed by atoms with van der Waals surface area (Å²) in [6, 6.07) is 17.8. The van der Waals surface area contributed by atoms with E-state index in [1.165, 1.54) is 0 Å². The Morgan fingerprint density at radius 3 is 2.47 bits per heavy atom. The van der Waals surface area contributed by atoms with Gasteiger partial charge in [0.15, 0.2) is 5.76 Å². The molecule has 0 radical (unpaired) electrons. The van der Waals surface area contributed by atoms with Crippen LogP contribution in [0.3, 0.4) is 0 Å². The molecule has 184 valence electrons. The van der Waals surface area contributed by atoms with Crippen LogP contribution in [0.25, 0.3) is 22.1 Å². The zero-order valence-corrected chi connectivity index (χ0v) is 20.7. The second kappa shape index (κ2) is 9.91. The third-order valence-electron chi connectivity index (χ3n) is 6.61. The second-order valence-electron chi connectivity index (χ2n) is 8.79. The first-order valence-corrected chi connectivity index (χ1v) is 12.2. The lowest BCUT2D eigenvalue weighted by Gasteiger charge is -2.26. The van der Waals surface area contributed by atoms with Crippen molar-refractivity contribution in [2.75, 3.05) is 13.1 Å². The summed E-state index contributed by atoms with van der Waals surface area (Å²) in [6.45, 7) is 8.01. The largest absolute Gasteiger partial charge is 0.508 e. The highest BCUT2D eigenvalue weighted by atomic mass is 16.5. The van der Waals surface area contributed by atoms with E-state index in [2.05, 4.69) is 18.7 Å². The van der Waals surface area contributed by atoms with E-state index in [9.17, 15) is 9.90 Å². The van der Waals surface area contributed by atoms with Crippen molar-refractivity contribution in [1.29, 1.82) is 0 Å². The number of ether oxygens (including phenoxy) is 2. The molecule has 36 heavy (non-hydrogen) atoms. The first-order chi connectivity index (χ1) is 17.5. The number of allylic oxidation sites excluding steroid dienone is 1. The average Bonchev–Trinajstić information content (AvgIpc) is 3.26. The molecule has 6 heteroatoms. The van der Waals surface area contributed by atoms with Crippen molar-refractivity contribution in [1.82, 2.24) is 4.90 Å².